The summed E-state index contributed by atoms with van der Waals surface area (Å²) in [6, 6.07) is 7.77. The number of hydrogen-bond donors (Lipinski definition) is 1. The van der Waals surface area contributed by atoms with Gasteiger partial charge in [-0.3, -0.25) is 14.3 Å². The molecule has 0 bridgehead atoms. The number of hydrogen-bond acceptors (Lipinski definition) is 3. The number of alkyl halides is 2. The second-order valence-electron chi connectivity index (χ2n) is 6.18. The van der Waals surface area contributed by atoms with Crippen LogP contribution in [0.2, 0.25) is 0 Å². The molecule has 1 heterocycles. The number of carbonyl (C=O) groups excluding carboxylic acids is 1. The maximum atomic E-state index is 12.8. The van der Waals surface area contributed by atoms with Crippen molar-refractivity contribution < 1.29 is 13.6 Å². The van der Waals surface area contributed by atoms with Gasteiger partial charge in [-0.1, -0.05) is 26.0 Å². The number of benzene rings is 1. The van der Waals surface area contributed by atoms with Crippen molar-refractivity contribution in [3.63, 3.8) is 0 Å². The highest BCUT2D eigenvalue weighted by atomic mass is 19.3. The van der Waals surface area contributed by atoms with Crippen LogP contribution in [0.5, 0.6) is 0 Å². The minimum atomic E-state index is -2.64. The van der Waals surface area contributed by atoms with Gasteiger partial charge in [0.1, 0.15) is 5.82 Å². The number of amides is 1. The third kappa shape index (κ3) is 5.35. The van der Waals surface area contributed by atoms with Gasteiger partial charge in [-0.2, -0.15) is 8.78 Å². The molecule has 1 aromatic carbocycles. The van der Waals surface area contributed by atoms with Gasteiger partial charge >= 0.3 is 6.55 Å². The summed E-state index contributed by atoms with van der Waals surface area (Å²) in [5, 5.41) is 2.82. The lowest BCUT2D eigenvalue weighted by molar-refractivity contribution is -0.117. The van der Waals surface area contributed by atoms with Gasteiger partial charge in [-0.05, 0) is 37.1 Å². The zero-order valence-electron chi connectivity index (χ0n) is 14.7. The molecule has 1 N–H and O–H groups in total. The predicted octanol–water partition coefficient (Wildman–Crippen LogP) is 3.86. The maximum absolute atomic E-state index is 12.8. The van der Waals surface area contributed by atoms with Gasteiger partial charge in [0.2, 0.25) is 5.91 Å². The van der Waals surface area contributed by atoms with Gasteiger partial charge in [0, 0.05) is 18.1 Å². The number of nitrogens with zero attached hydrogens (tertiary/aromatic N) is 3. The van der Waals surface area contributed by atoms with Crippen molar-refractivity contribution in [1.82, 2.24) is 14.5 Å². The first kappa shape index (κ1) is 19.1. The van der Waals surface area contributed by atoms with Crippen molar-refractivity contribution in [1.29, 1.82) is 0 Å². The Morgan fingerprint density at radius 3 is 2.60 bits per heavy atom. The van der Waals surface area contributed by atoms with E-state index in [1.165, 1.54) is 18.0 Å². The Hall–Kier alpha value is -2.28. The molecule has 0 fully saturated rings. The number of rotatable bonds is 8. The fraction of sp³-hybridized carbons (Fsp3) is 0.444. The van der Waals surface area contributed by atoms with Crippen LogP contribution in [0.25, 0.3) is 0 Å². The Kier molecular flexibility index (Phi) is 6.64. The number of likely N-dealkylation sites (N-methyl/N-ethyl adjacent to an activating group) is 1. The standard InChI is InChI=1S/C18H24F2N4O/c1-4-13(2)14-5-7-15(8-6-14)22-17(25)12-23(3)11-16-21-9-10-24(16)18(19)20/h5-10,13,18H,4,11-12H2,1-3H3,(H,22,25). The van der Waals surface area contributed by atoms with Crippen LogP contribution in [0, 0.1) is 0 Å². The molecule has 0 aliphatic carbocycles. The molecule has 1 unspecified atom stereocenters. The Balaban J connectivity index is 1.88. The lowest BCUT2D eigenvalue weighted by Crippen LogP contribution is -2.30. The molecule has 1 aromatic heterocycles. The molecule has 0 spiro atoms. The van der Waals surface area contributed by atoms with E-state index in [1.807, 2.05) is 24.3 Å². The number of halogens is 2. The first-order valence-corrected chi connectivity index (χ1v) is 8.29. The summed E-state index contributed by atoms with van der Waals surface area (Å²) in [5.41, 5.74) is 1.95. The molecule has 2 rings (SSSR count). The molecule has 0 aliphatic heterocycles. The third-order valence-corrected chi connectivity index (χ3v) is 4.16. The van der Waals surface area contributed by atoms with Gasteiger partial charge < -0.3 is 5.32 Å². The average molecular weight is 350 g/mol. The lowest BCUT2D eigenvalue weighted by atomic mass is 9.99. The normalized spacial score (nSPS) is 12.6. The number of anilines is 1. The van der Waals surface area contributed by atoms with Crippen molar-refractivity contribution in [2.75, 3.05) is 18.9 Å². The van der Waals surface area contributed by atoms with Crippen LogP contribution in [-0.4, -0.2) is 34.0 Å². The first-order valence-electron chi connectivity index (χ1n) is 8.29. The summed E-state index contributed by atoms with van der Waals surface area (Å²) in [6.45, 7) is 1.91. The molecule has 0 saturated heterocycles. The Labute approximate surface area is 146 Å². The van der Waals surface area contributed by atoms with E-state index in [0.29, 0.717) is 5.92 Å². The Morgan fingerprint density at radius 2 is 2.00 bits per heavy atom. The van der Waals surface area contributed by atoms with Crippen LogP contribution in [-0.2, 0) is 11.3 Å². The molecular weight excluding hydrogens is 326 g/mol. The van der Waals surface area contributed by atoms with Crippen LogP contribution < -0.4 is 5.32 Å². The monoisotopic (exact) mass is 350 g/mol. The van der Waals surface area contributed by atoms with Crippen LogP contribution in [0.15, 0.2) is 36.7 Å². The van der Waals surface area contributed by atoms with E-state index in [2.05, 4.69) is 24.1 Å². The molecule has 0 radical (unpaired) electrons. The summed E-state index contributed by atoms with van der Waals surface area (Å²) < 4.78 is 26.4. The van der Waals surface area contributed by atoms with E-state index in [4.69, 9.17) is 0 Å². The van der Waals surface area contributed by atoms with Crippen molar-refractivity contribution in [3.8, 4) is 0 Å². The van der Waals surface area contributed by atoms with Crippen LogP contribution in [0.3, 0.4) is 0 Å². The minimum absolute atomic E-state index is 0.0865. The number of carbonyl (C=O) groups is 1. The second kappa shape index (κ2) is 8.71. The van der Waals surface area contributed by atoms with Crippen molar-refractivity contribution in [2.45, 2.75) is 39.3 Å². The van der Waals surface area contributed by atoms with Crippen LogP contribution in [0.1, 0.15) is 44.1 Å². The average Bonchev–Trinajstić information content (AvgIpc) is 3.02. The van der Waals surface area contributed by atoms with Gasteiger partial charge in [0.15, 0.2) is 0 Å². The fourth-order valence-electron chi connectivity index (χ4n) is 2.52. The van der Waals surface area contributed by atoms with E-state index < -0.39 is 6.55 Å². The quantitative estimate of drug-likeness (QED) is 0.786. The van der Waals surface area contributed by atoms with Crippen molar-refractivity contribution in [2.24, 2.45) is 0 Å². The highest BCUT2D eigenvalue weighted by Crippen LogP contribution is 2.20. The Bertz CT molecular complexity index is 685. The SMILES string of the molecule is CCC(C)c1ccc(NC(=O)CN(C)Cc2nccn2C(F)F)cc1. The number of nitrogens with one attached hydrogen (secondary N) is 1. The first-order chi connectivity index (χ1) is 11.9. The maximum Gasteiger partial charge on any atom is 0.319 e. The summed E-state index contributed by atoms with van der Waals surface area (Å²) >= 11 is 0. The zero-order valence-corrected chi connectivity index (χ0v) is 14.7. The zero-order chi connectivity index (χ0) is 18.4. The van der Waals surface area contributed by atoms with E-state index in [-0.39, 0.29) is 24.8 Å². The topological polar surface area (TPSA) is 50.2 Å². The highest BCUT2D eigenvalue weighted by Gasteiger charge is 2.15. The molecule has 136 valence electrons. The second-order valence-corrected chi connectivity index (χ2v) is 6.18. The van der Waals surface area contributed by atoms with Gasteiger partial charge in [-0.25, -0.2) is 4.98 Å². The molecule has 0 aliphatic rings. The molecule has 1 amide bonds. The largest absolute Gasteiger partial charge is 0.325 e. The van der Waals surface area contributed by atoms with Gasteiger partial charge in [0.05, 0.1) is 13.1 Å². The van der Waals surface area contributed by atoms with E-state index in [1.54, 1.807) is 11.9 Å². The van der Waals surface area contributed by atoms with E-state index in [9.17, 15) is 13.6 Å². The fourth-order valence-corrected chi connectivity index (χ4v) is 2.52. The summed E-state index contributed by atoms with van der Waals surface area (Å²) in [5.74, 6) is 0.506. The predicted molar refractivity (Wildman–Crippen MR) is 93.6 cm³/mol. The van der Waals surface area contributed by atoms with Crippen molar-refractivity contribution >= 4 is 11.6 Å². The summed E-state index contributed by atoms with van der Waals surface area (Å²) in [7, 11) is 1.69. The highest BCUT2D eigenvalue weighted by molar-refractivity contribution is 5.92. The van der Waals surface area contributed by atoms with E-state index >= 15 is 0 Å². The van der Waals surface area contributed by atoms with Crippen LogP contribution >= 0.6 is 0 Å². The molecule has 2 aromatic rings. The van der Waals surface area contributed by atoms with Gasteiger partial charge in [-0.15, -0.1) is 0 Å². The third-order valence-electron chi connectivity index (χ3n) is 4.16. The molecule has 1 atom stereocenters. The molecule has 5 nitrogen and oxygen atoms in total. The van der Waals surface area contributed by atoms with E-state index in [0.717, 1.165) is 16.7 Å². The lowest BCUT2D eigenvalue weighted by Gasteiger charge is -2.17. The summed E-state index contributed by atoms with van der Waals surface area (Å²) in [6.07, 6.45) is 3.62. The van der Waals surface area contributed by atoms with Crippen molar-refractivity contribution in [3.05, 3.63) is 48.0 Å². The summed E-state index contributed by atoms with van der Waals surface area (Å²) in [4.78, 5) is 17.7. The number of imidazole rings is 1. The molecule has 25 heavy (non-hydrogen) atoms. The molecule has 0 saturated carbocycles. The van der Waals surface area contributed by atoms with Gasteiger partial charge in [0.25, 0.3) is 0 Å². The van der Waals surface area contributed by atoms with Crippen LogP contribution in [0.4, 0.5) is 14.5 Å². The molecular formula is C18H24F2N4O. The molecule has 7 heteroatoms. The minimum Gasteiger partial charge on any atom is -0.325 e. The smallest absolute Gasteiger partial charge is 0.319 e. The number of aromatic nitrogens is 2. The Morgan fingerprint density at radius 1 is 1.32 bits per heavy atom.